The van der Waals surface area contributed by atoms with Crippen LogP contribution in [0.1, 0.15) is 31.0 Å². The van der Waals surface area contributed by atoms with E-state index < -0.39 is 46.8 Å². The van der Waals surface area contributed by atoms with E-state index in [4.69, 9.17) is 0 Å². The smallest absolute Gasteiger partial charge is 0.511 e. The summed E-state index contributed by atoms with van der Waals surface area (Å²) in [5.41, 5.74) is 0.499. The second-order valence-electron chi connectivity index (χ2n) is 9.38. The predicted molar refractivity (Wildman–Crippen MR) is 144 cm³/mol. The molecule has 44 heavy (non-hydrogen) atoms. The average molecular weight is 641 g/mol. The quantitative estimate of drug-likeness (QED) is 0.0852. The molecule has 1 aliphatic heterocycles. The van der Waals surface area contributed by atoms with Crippen LogP contribution in [0, 0.1) is 12.1 Å². The summed E-state index contributed by atoms with van der Waals surface area (Å²) in [6.45, 7) is 2.75. The number of alkyl halides is 3. The number of halogens is 3. The Morgan fingerprint density at radius 3 is 2.45 bits per heavy atom. The lowest BCUT2D eigenvalue weighted by atomic mass is 10.1. The number of aryl methyl sites for hydroxylation is 1. The van der Waals surface area contributed by atoms with Gasteiger partial charge >= 0.3 is 12.3 Å². The van der Waals surface area contributed by atoms with Gasteiger partial charge in [0.2, 0.25) is 5.28 Å². The van der Waals surface area contributed by atoms with Gasteiger partial charge in [0, 0.05) is 5.56 Å². The Balaban J connectivity index is 1.48. The van der Waals surface area contributed by atoms with Crippen molar-refractivity contribution in [2.24, 2.45) is 5.28 Å². The number of hydrogen-bond donors (Lipinski definition) is 1. The number of carbonyl (C=O) groups excluding carboxylic acids is 2. The number of benzene rings is 2. The van der Waals surface area contributed by atoms with Crippen LogP contribution < -0.4 is 4.72 Å². The number of aromatic nitrogens is 2. The van der Waals surface area contributed by atoms with Crippen LogP contribution in [0.3, 0.4) is 0 Å². The number of hydrazine groups is 1. The van der Waals surface area contributed by atoms with Crippen LogP contribution in [0.5, 0.6) is 0 Å². The van der Waals surface area contributed by atoms with E-state index in [0.29, 0.717) is 12.0 Å². The Morgan fingerprint density at radius 2 is 1.82 bits per heavy atom. The van der Waals surface area contributed by atoms with Gasteiger partial charge < -0.3 is 19.5 Å². The molecule has 4 rings (SSSR count). The lowest BCUT2D eigenvalue weighted by Gasteiger charge is -2.19. The number of ether oxygens (including phenoxy) is 2. The minimum absolute atomic E-state index is 0.0506. The van der Waals surface area contributed by atoms with Gasteiger partial charge in [-0.2, -0.15) is 18.3 Å². The molecule has 1 amide bonds. The summed E-state index contributed by atoms with van der Waals surface area (Å²) < 4.78 is 78.4. The summed E-state index contributed by atoms with van der Waals surface area (Å²) in [5.74, 6) is -1.02. The van der Waals surface area contributed by atoms with Crippen molar-refractivity contribution >= 4 is 22.1 Å². The van der Waals surface area contributed by atoms with Gasteiger partial charge in [-0.25, -0.2) is 22.6 Å². The van der Waals surface area contributed by atoms with Crippen LogP contribution in [-0.4, -0.2) is 66.2 Å². The van der Waals surface area contributed by atoms with Gasteiger partial charge in [0.1, 0.15) is 0 Å². The maximum Gasteiger partial charge on any atom is 0.511 e. The van der Waals surface area contributed by atoms with Crippen LogP contribution in [-0.2, 0) is 35.3 Å². The van der Waals surface area contributed by atoms with E-state index in [-0.39, 0.29) is 40.8 Å². The molecule has 1 aromatic heterocycles. The molecule has 2 aromatic carbocycles. The first-order valence-electron chi connectivity index (χ1n) is 13.1. The van der Waals surface area contributed by atoms with Crippen molar-refractivity contribution in [1.82, 2.24) is 19.5 Å². The zero-order valence-corrected chi connectivity index (χ0v) is 24.2. The van der Waals surface area contributed by atoms with Crippen LogP contribution in [0.2, 0.25) is 0 Å². The number of amides is 1. The van der Waals surface area contributed by atoms with Crippen molar-refractivity contribution < 1.29 is 50.5 Å². The van der Waals surface area contributed by atoms with E-state index in [9.17, 15) is 36.4 Å². The molecule has 0 saturated carbocycles. The first-order chi connectivity index (χ1) is 20.8. The van der Waals surface area contributed by atoms with Gasteiger partial charge in [-0.05, 0) is 57.0 Å². The van der Waals surface area contributed by atoms with Gasteiger partial charge in [0.25, 0.3) is 22.7 Å². The van der Waals surface area contributed by atoms with E-state index in [1.165, 1.54) is 12.1 Å². The highest BCUT2D eigenvalue weighted by molar-refractivity contribution is 7.90. The monoisotopic (exact) mass is 640 g/mol. The van der Waals surface area contributed by atoms with Gasteiger partial charge in [-0.3, -0.25) is 4.79 Å². The highest BCUT2D eigenvalue weighted by Gasteiger charge is 2.39. The highest BCUT2D eigenvalue weighted by Crippen LogP contribution is 2.33. The lowest BCUT2D eigenvalue weighted by molar-refractivity contribution is -0.712. The van der Waals surface area contributed by atoms with E-state index in [2.05, 4.69) is 24.7 Å². The molecule has 1 N–H and O–H groups in total. The first kappa shape index (κ1) is 32.1. The zero-order valence-electron chi connectivity index (χ0n) is 23.4. The summed E-state index contributed by atoms with van der Waals surface area (Å²) >= 11 is 0. The standard InChI is InChI=1S/C26H27F3N6O8S/c1-3-41-25(37)42-16-43-32-35(38)33-14-4-5-21(33)24(36)31-44(39,40)20-12-10-19(11-13-20)34-22(15-23(30-34)26(27,28)29)18-8-6-17(2)7-9-18/h6-13,15,21H,3-5,14,16H2,1-2H3,(H,31,36)/t21-/m0/s1. The molecule has 0 radical (unpaired) electrons. The summed E-state index contributed by atoms with van der Waals surface area (Å²) in [7, 11) is -4.46. The van der Waals surface area contributed by atoms with Crippen molar-refractivity contribution in [2.45, 2.75) is 43.8 Å². The topological polar surface area (TPSA) is 167 Å². The molecule has 236 valence electrons. The summed E-state index contributed by atoms with van der Waals surface area (Å²) in [6, 6.07) is 11.1. The summed E-state index contributed by atoms with van der Waals surface area (Å²) in [5, 5.41) is 20.1. The normalized spacial score (nSPS) is 15.6. The molecule has 1 saturated heterocycles. The number of carbonyl (C=O) groups is 2. The SMILES string of the molecule is CCOC(=O)OCON=[N+]([O-])N1CCC[C@H]1C(=O)NS(=O)(=O)c1ccc(-n2nc(C(F)(F)F)cc2-c2ccc(C)cc2)cc1. The second-order valence-corrected chi connectivity index (χ2v) is 11.1. The Kier molecular flexibility index (Phi) is 9.61. The molecule has 1 aliphatic rings. The maximum absolute atomic E-state index is 13.5. The van der Waals surface area contributed by atoms with Crippen molar-refractivity contribution in [3.05, 3.63) is 71.1 Å². The van der Waals surface area contributed by atoms with Gasteiger partial charge in [-0.15, -0.1) is 5.01 Å². The minimum atomic E-state index is -4.72. The summed E-state index contributed by atoms with van der Waals surface area (Å²) in [6.07, 6.45) is -5.29. The fourth-order valence-electron chi connectivity index (χ4n) is 4.25. The van der Waals surface area contributed by atoms with Gasteiger partial charge in [0.15, 0.2) is 11.7 Å². The maximum atomic E-state index is 13.5. The molecule has 1 fully saturated rings. The zero-order chi connectivity index (χ0) is 32.1. The molecule has 3 aromatic rings. The molecule has 1 atom stereocenters. The van der Waals surface area contributed by atoms with E-state index in [0.717, 1.165) is 33.5 Å². The van der Waals surface area contributed by atoms with E-state index in [1.54, 1.807) is 31.2 Å². The Labute approximate surface area is 249 Å². The van der Waals surface area contributed by atoms with Crippen LogP contribution in [0.25, 0.3) is 16.9 Å². The fourth-order valence-corrected chi connectivity index (χ4v) is 5.26. The Hall–Kier alpha value is -4.87. The minimum Gasteiger partial charge on any atom is -0.569 e. The molecule has 0 aliphatic carbocycles. The number of nitrogens with zero attached hydrogens (tertiary/aromatic N) is 5. The van der Waals surface area contributed by atoms with E-state index >= 15 is 0 Å². The van der Waals surface area contributed by atoms with E-state index in [1.807, 2.05) is 11.6 Å². The third kappa shape index (κ3) is 7.55. The average Bonchev–Trinajstić information content (AvgIpc) is 3.64. The molecular formula is C26H27F3N6O8S. The number of rotatable bonds is 10. The summed E-state index contributed by atoms with van der Waals surface area (Å²) in [4.78, 5) is 28.2. The molecular weight excluding hydrogens is 613 g/mol. The van der Waals surface area contributed by atoms with Crippen LogP contribution in [0.15, 0.2) is 64.8 Å². The largest absolute Gasteiger partial charge is 0.569 e. The number of hydrogen-bond acceptors (Lipinski definition) is 10. The second kappa shape index (κ2) is 13.2. The lowest BCUT2D eigenvalue weighted by Crippen LogP contribution is -2.47. The van der Waals surface area contributed by atoms with Gasteiger partial charge in [-0.1, -0.05) is 29.8 Å². The third-order valence-corrected chi connectivity index (χ3v) is 7.70. The number of sulfonamides is 1. The van der Waals surface area contributed by atoms with Crippen molar-refractivity contribution in [3.63, 3.8) is 0 Å². The molecule has 14 nitrogen and oxygen atoms in total. The van der Waals surface area contributed by atoms with Crippen molar-refractivity contribution in [2.75, 3.05) is 19.9 Å². The van der Waals surface area contributed by atoms with Gasteiger partial charge in [0.05, 0.1) is 34.4 Å². The molecule has 2 heterocycles. The Morgan fingerprint density at radius 1 is 1.14 bits per heavy atom. The fraction of sp³-hybridized carbons (Fsp3) is 0.346. The molecule has 18 heteroatoms. The van der Waals surface area contributed by atoms with Crippen molar-refractivity contribution in [1.29, 1.82) is 0 Å². The molecule has 0 unspecified atom stereocenters. The molecule has 0 bridgehead atoms. The predicted octanol–water partition coefficient (Wildman–Crippen LogP) is 4.08. The molecule has 0 spiro atoms. The van der Waals surface area contributed by atoms with Crippen LogP contribution >= 0.6 is 0 Å². The number of nitrogens with one attached hydrogen (secondary N) is 1. The third-order valence-electron chi connectivity index (χ3n) is 6.34. The first-order valence-corrected chi connectivity index (χ1v) is 14.6. The van der Waals surface area contributed by atoms with Crippen LogP contribution in [0.4, 0.5) is 18.0 Å². The highest BCUT2D eigenvalue weighted by atomic mass is 32.2. The Bertz CT molecular complexity index is 1630. The van der Waals surface area contributed by atoms with Crippen molar-refractivity contribution in [3.8, 4) is 16.9 Å².